The number of anilines is 3. The molecule has 2 aromatic heterocycles. The fourth-order valence-electron chi connectivity index (χ4n) is 9.45. The van der Waals surface area contributed by atoms with Crippen LogP contribution in [0.15, 0.2) is 170 Å². The molecule has 0 N–H and O–H groups in total. The van der Waals surface area contributed by atoms with Gasteiger partial charge in [0.25, 0.3) is 0 Å². The number of rotatable bonds is 2. The lowest BCUT2D eigenvalue weighted by molar-refractivity contribution is 0.768. The van der Waals surface area contributed by atoms with Crippen LogP contribution in [0.2, 0.25) is 0 Å². The molecule has 4 heteroatoms. The second kappa shape index (κ2) is 10.1. The Morgan fingerprint density at radius 2 is 0.962 bits per heavy atom. The molecule has 0 saturated heterocycles. The van der Waals surface area contributed by atoms with E-state index in [9.17, 15) is 0 Å². The molecule has 1 aliphatic heterocycles. The van der Waals surface area contributed by atoms with Crippen molar-refractivity contribution in [3.8, 4) is 44.8 Å². The molecule has 7 aromatic carbocycles. The SMILES string of the molecule is c1ccc(-c2nc(N3c4ccccc4-c4ccc5c6c(cnc3c46)C3(c4ccccc4-c4ccccc43)c3ccccc3-5)c3ccccc3n2)cc1. The smallest absolute Gasteiger partial charge is 0.162 e. The molecule has 1 spiro atoms. The van der Waals surface area contributed by atoms with Gasteiger partial charge in [-0.05, 0) is 68.3 Å². The Morgan fingerprint density at radius 1 is 0.404 bits per heavy atom. The van der Waals surface area contributed by atoms with Crippen LogP contribution in [0.5, 0.6) is 0 Å². The highest BCUT2D eigenvalue weighted by atomic mass is 15.3. The van der Waals surface area contributed by atoms with Crippen LogP contribution in [0.1, 0.15) is 22.3 Å². The van der Waals surface area contributed by atoms with Gasteiger partial charge in [-0.1, -0.05) is 146 Å². The van der Waals surface area contributed by atoms with Crippen molar-refractivity contribution in [1.82, 2.24) is 15.0 Å². The average Bonchev–Trinajstić information content (AvgIpc) is 3.51. The largest absolute Gasteiger partial charge is 0.277 e. The van der Waals surface area contributed by atoms with Crippen molar-refractivity contribution in [2.45, 2.75) is 5.41 Å². The zero-order valence-corrected chi connectivity index (χ0v) is 28.0. The van der Waals surface area contributed by atoms with Crippen LogP contribution in [0.3, 0.4) is 0 Å². The normalized spacial score (nSPS) is 13.9. The Hall–Kier alpha value is -6.91. The first-order chi connectivity index (χ1) is 25.8. The second-order valence-corrected chi connectivity index (χ2v) is 13.9. The summed E-state index contributed by atoms with van der Waals surface area (Å²) in [5, 5.41) is 3.37. The van der Waals surface area contributed by atoms with Crippen molar-refractivity contribution in [2.75, 3.05) is 4.90 Å². The number of fused-ring (bicyclic) bond motifs is 12. The van der Waals surface area contributed by atoms with Gasteiger partial charge in [0.2, 0.25) is 0 Å². The molecule has 0 bridgehead atoms. The van der Waals surface area contributed by atoms with Crippen molar-refractivity contribution in [3.05, 3.63) is 192 Å². The molecule has 2 aliphatic carbocycles. The molecule has 0 radical (unpaired) electrons. The number of aromatic nitrogens is 3. The minimum atomic E-state index is -0.523. The highest BCUT2D eigenvalue weighted by molar-refractivity contribution is 6.20. The van der Waals surface area contributed by atoms with Crippen LogP contribution in [0.25, 0.3) is 66.4 Å². The van der Waals surface area contributed by atoms with E-state index in [-0.39, 0.29) is 0 Å². The van der Waals surface area contributed by atoms with Gasteiger partial charge in [-0.15, -0.1) is 0 Å². The molecule has 0 unspecified atom stereocenters. The molecule has 3 heterocycles. The van der Waals surface area contributed by atoms with Crippen molar-refractivity contribution < 1.29 is 0 Å². The average molecular weight is 661 g/mol. The molecule has 12 rings (SSSR count). The molecule has 4 nitrogen and oxygen atoms in total. The van der Waals surface area contributed by atoms with Crippen molar-refractivity contribution in [2.24, 2.45) is 0 Å². The summed E-state index contributed by atoms with van der Waals surface area (Å²) in [4.78, 5) is 18.3. The zero-order valence-electron chi connectivity index (χ0n) is 28.0. The number of hydrogen-bond donors (Lipinski definition) is 0. The summed E-state index contributed by atoms with van der Waals surface area (Å²) in [5.74, 6) is 2.39. The third kappa shape index (κ3) is 3.39. The van der Waals surface area contributed by atoms with Crippen molar-refractivity contribution in [3.63, 3.8) is 0 Å². The van der Waals surface area contributed by atoms with Crippen LogP contribution in [-0.4, -0.2) is 15.0 Å². The van der Waals surface area contributed by atoms with Crippen molar-refractivity contribution >= 4 is 39.0 Å². The summed E-state index contributed by atoms with van der Waals surface area (Å²) in [7, 11) is 0. The summed E-state index contributed by atoms with van der Waals surface area (Å²) in [6.07, 6.45) is 2.17. The summed E-state index contributed by atoms with van der Waals surface area (Å²) in [5.41, 5.74) is 14.9. The van der Waals surface area contributed by atoms with Crippen LogP contribution < -0.4 is 4.90 Å². The van der Waals surface area contributed by atoms with E-state index < -0.39 is 5.41 Å². The van der Waals surface area contributed by atoms with Crippen LogP contribution in [0, 0.1) is 0 Å². The summed E-state index contributed by atoms with van der Waals surface area (Å²) >= 11 is 0. The quantitative estimate of drug-likeness (QED) is 0.185. The van der Waals surface area contributed by atoms with Crippen molar-refractivity contribution in [1.29, 1.82) is 0 Å². The predicted octanol–water partition coefficient (Wildman–Crippen LogP) is 11.6. The van der Waals surface area contributed by atoms with Crippen LogP contribution in [-0.2, 0) is 5.41 Å². The van der Waals surface area contributed by atoms with Gasteiger partial charge in [0.05, 0.1) is 16.6 Å². The Labute approximate surface area is 300 Å². The first kappa shape index (κ1) is 27.9. The third-order valence-electron chi connectivity index (χ3n) is 11.5. The number of hydrogen-bond acceptors (Lipinski definition) is 4. The third-order valence-corrected chi connectivity index (χ3v) is 11.5. The maximum Gasteiger partial charge on any atom is 0.162 e. The number of pyridine rings is 1. The fraction of sp³-hybridized carbons (Fsp3) is 0.0208. The molecular weight excluding hydrogens is 633 g/mol. The van der Waals surface area contributed by atoms with Gasteiger partial charge in [0.1, 0.15) is 5.82 Å². The maximum atomic E-state index is 5.55. The highest BCUT2D eigenvalue weighted by Gasteiger charge is 2.51. The topological polar surface area (TPSA) is 41.9 Å². The number of para-hydroxylation sites is 2. The molecule has 9 aromatic rings. The Balaban J connectivity index is 1.24. The minimum Gasteiger partial charge on any atom is -0.277 e. The van der Waals surface area contributed by atoms with Gasteiger partial charge in [-0.2, -0.15) is 0 Å². The molecule has 0 saturated carbocycles. The van der Waals surface area contributed by atoms with E-state index in [1.807, 2.05) is 24.3 Å². The summed E-state index contributed by atoms with van der Waals surface area (Å²) in [6, 6.07) is 58.8. The lowest BCUT2D eigenvalue weighted by atomic mass is 9.61. The minimum absolute atomic E-state index is 0.523. The van der Waals surface area contributed by atoms with E-state index in [1.54, 1.807) is 0 Å². The summed E-state index contributed by atoms with van der Waals surface area (Å²) < 4.78 is 0. The lowest BCUT2D eigenvalue weighted by Crippen LogP contribution is -2.32. The van der Waals surface area contributed by atoms with Gasteiger partial charge in [0, 0.05) is 33.5 Å². The predicted molar refractivity (Wildman–Crippen MR) is 210 cm³/mol. The molecule has 3 aliphatic rings. The van der Waals surface area contributed by atoms with E-state index in [1.165, 1.54) is 55.5 Å². The molecule has 240 valence electrons. The zero-order chi connectivity index (χ0) is 34.0. The van der Waals surface area contributed by atoms with E-state index in [0.717, 1.165) is 44.7 Å². The summed E-state index contributed by atoms with van der Waals surface area (Å²) in [6.45, 7) is 0. The maximum absolute atomic E-state index is 5.55. The van der Waals surface area contributed by atoms with E-state index in [4.69, 9.17) is 15.0 Å². The van der Waals surface area contributed by atoms with Gasteiger partial charge < -0.3 is 0 Å². The number of nitrogens with zero attached hydrogens (tertiary/aromatic N) is 4. The Kier molecular flexibility index (Phi) is 5.40. The molecule has 0 fully saturated rings. The van der Waals surface area contributed by atoms with Gasteiger partial charge in [-0.3, -0.25) is 4.90 Å². The Bertz CT molecular complexity index is 2940. The highest BCUT2D eigenvalue weighted by Crippen LogP contribution is 2.63. The van der Waals surface area contributed by atoms with E-state index in [2.05, 4.69) is 151 Å². The monoisotopic (exact) mass is 660 g/mol. The fourth-order valence-corrected chi connectivity index (χ4v) is 9.45. The first-order valence-electron chi connectivity index (χ1n) is 17.8. The van der Waals surface area contributed by atoms with Crippen LogP contribution >= 0.6 is 0 Å². The van der Waals surface area contributed by atoms with E-state index >= 15 is 0 Å². The first-order valence-corrected chi connectivity index (χ1v) is 17.8. The van der Waals surface area contributed by atoms with Gasteiger partial charge in [-0.25, -0.2) is 15.0 Å². The molecular formula is C48H28N4. The Morgan fingerprint density at radius 3 is 1.67 bits per heavy atom. The van der Waals surface area contributed by atoms with E-state index in [0.29, 0.717) is 5.82 Å². The number of benzene rings is 7. The van der Waals surface area contributed by atoms with Gasteiger partial charge in [0.15, 0.2) is 11.6 Å². The van der Waals surface area contributed by atoms with Crippen LogP contribution in [0.4, 0.5) is 17.3 Å². The molecule has 0 atom stereocenters. The van der Waals surface area contributed by atoms with Gasteiger partial charge >= 0.3 is 0 Å². The molecule has 0 amide bonds. The molecule has 52 heavy (non-hydrogen) atoms. The second-order valence-electron chi connectivity index (χ2n) is 13.9. The lowest BCUT2D eigenvalue weighted by Gasteiger charge is -2.41. The standard InChI is InChI=1S/C48H28N4/c1-2-14-29(15-3-1)45-50-41-24-12-7-20-36(41)46(51-45)52-42-25-13-8-19-33(42)35-27-26-34-32-18-6-11-23-39(32)48(40-28-49-47(52)44(35)43(34)40)37-21-9-4-16-30(37)31-17-5-10-22-38(31)48/h1-28H.